The lowest BCUT2D eigenvalue weighted by atomic mass is 9.77. The Morgan fingerprint density at radius 2 is 2.21 bits per heavy atom. The third-order valence-corrected chi connectivity index (χ3v) is 5.01. The van der Waals surface area contributed by atoms with Crippen LogP contribution in [0.3, 0.4) is 0 Å². The van der Waals surface area contributed by atoms with Gasteiger partial charge in [0.05, 0.1) is 26.5 Å². The standard InChI is InChI=1S/C12H13Cl2N3OS/c13-10-4-8(11(14)19-10)6-17-7-9(15-16-17)5-12(18)2-1-3-12/h4,7,18H,1-3,5-6H2. The summed E-state index contributed by atoms with van der Waals surface area (Å²) >= 11 is 13.3. The number of aromatic nitrogens is 3. The van der Waals surface area contributed by atoms with E-state index in [1.54, 1.807) is 4.68 Å². The zero-order valence-electron chi connectivity index (χ0n) is 10.1. The molecule has 0 atom stereocenters. The average Bonchev–Trinajstić information content (AvgIpc) is 2.85. The van der Waals surface area contributed by atoms with Gasteiger partial charge in [-0.25, -0.2) is 4.68 Å². The lowest BCUT2D eigenvalue weighted by Crippen LogP contribution is -2.39. The van der Waals surface area contributed by atoms with Gasteiger partial charge in [-0.15, -0.1) is 16.4 Å². The topological polar surface area (TPSA) is 50.9 Å². The fourth-order valence-electron chi connectivity index (χ4n) is 2.25. The zero-order chi connectivity index (χ0) is 13.5. The van der Waals surface area contributed by atoms with Crippen LogP contribution in [0.5, 0.6) is 0 Å². The number of thiophene rings is 1. The van der Waals surface area contributed by atoms with Crippen LogP contribution in [0.4, 0.5) is 0 Å². The monoisotopic (exact) mass is 317 g/mol. The summed E-state index contributed by atoms with van der Waals surface area (Å²) in [6, 6.07) is 1.84. The Labute approximate surface area is 125 Å². The molecule has 0 saturated heterocycles. The van der Waals surface area contributed by atoms with Crippen LogP contribution in [0.2, 0.25) is 8.67 Å². The highest BCUT2D eigenvalue weighted by atomic mass is 35.5. The molecule has 0 bridgehead atoms. The van der Waals surface area contributed by atoms with Crippen molar-refractivity contribution >= 4 is 34.5 Å². The predicted octanol–water partition coefficient (Wildman–Crippen LogP) is 3.15. The molecule has 0 aromatic carbocycles. The smallest absolute Gasteiger partial charge is 0.0994 e. The van der Waals surface area contributed by atoms with Crippen molar-refractivity contribution in [2.45, 2.75) is 37.8 Å². The van der Waals surface area contributed by atoms with Crippen LogP contribution in [0, 0.1) is 0 Å². The highest BCUT2D eigenvalue weighted by molar-refractivity contribution is 7.20. The van der Waals surface area contributed by atoms with Gasteiger partial charge in [0, 0.05) is 18.2 Å². The van der Waals surface area contributed by atoms with Crippen molar-refractivity contribution in [3.05, 3.63) is 32.2 Å². The first kappa shape index (κ1) is 13.4. The number of hydrogen-bond donors (Lipinski definition) is 1. The van der Waals surface area contributed by atoms with Gasteiger partial charge in [0.1, 0.15) is 0 Å². The Morgan fingerprint density at radius 1 is 1.42 bits per heavy atom. The van der Waals surface area contributed by atoms with Crippen molar-refractivity contribution in [3.63, 3.8) is 0 Å². The summed E-state index contributed by atoms with van der Waals surface area (Å²) in [7, 11) is 0. The van der Waals surface area contributed by atoms with E-state index in [9.17, 15) is 5.11 Å². The molecule has 2 aromatic rings. The molecule has 0 spiro atoms. The first-order valence-corrected chi connectivity index (χ1v) is 7.66. The molecule has 0 unspecified atom stereocenters. The van der Waals surface area contributed by atoms with Gasteiger partial charge in [-0.2, -0.15) is 0 Å². The molecule has 1 N–H and O–H groups in total. The van der Waals surface area contributed by atoms with Crippen LogP contribution in [-0.2, 0) is 13.0 Å². The van der Waals surface area contributed by atoms with Crippen molar-refractivity contribution < 1.29 is 5.11 Å². The van der Waals surface area contributed by atoms with Gasteiger partial charge in [-0.3, -0.25) is 0 Å². The van der Waals surface area contributed by atoms with Gasteiger partial charge >= 0.3 is 0 Å². The maximum absolute atomic E-state index is 10.1. The average molecular weight is 318 g/mol. The molecule has 2 heterocycles. The third kappa shape index (κ3) is 2.94. The third-order valence-electron chi connectivity index (χ3n) is 3.44. The van der Waals surface area contributed by atoms with Crippen molar-refractivity contribution in [1.29, 1.82) is 0 Å². The van der Waals surface area contributed by atoms with Crippen LogP contribution in [-0.4, -0.2) is 25.7 Å². The van der Waals surface area contributed by atoms with E-state index < -0.39 is 5.60 Å². The lowest BCUT2D eigenvalue weighted by molar-refractivity contribution is -0.0330. The normalized spacial score (nSPS) is 17.4. The molecule has 4 nitrogen and oxygen atoms in total. The molecule has 0 amide bonds. The molecular formula is C12H13Cl2N3OS. The Morgan fingerprint density at radius 3 is 2.79 bits per heavy atom. The summed E-state index contributed by atoms with van der Waals surface area (Å²) < 4.78 is 3.07. The molecule has 2 aromatic heterocycles. The van der Waals surface area contributed by atoms with Crippen LogP contribution in [0.15, 0.2) is 12.3 Å². The van der Waals surface area contributed by atoms with Crippen molar-refractivity contribution in [1.82, 2.24) is 15.0 Å². The summed E-state index contributed by atoms with van der Waals surface area (Å²) in [5, 5.41) is 18.3. The van der Waals surface area contributed by atoms with E-state index in [0.29, 0.717) is 21.6 Å². The fourth-order valence-corrected chi connectivity index (χ4v) is 3.72. The van der Waals surface area contributed by atoms with Gasteiger partial charge in [0.15, 0.2) is 0 Å². The molecule has 1 fully saturated rings. The number of aliphatic hydroxyl groups is 1. The molecule has 1 aliphatic carbocycles. The van der Waals surface area contributed by atoms with E-state index >= 15 is 0 Å². The molecule has 7 heteroatoms. The van der Waals surface area contributed by atoms with Crippen LogP contribution >= 0.6 is 34.5 Å². The number of rotatable bonds is 4. The van der Waals surface area contributed by atoms with Crippen LogP contribution < -0.4 is 0 Å². The van der Waals surface area contributed by atoms with Crippen LogP contribution in [0.1, 0.15) is 30.5 Å². The minimum Gasteiger partial charge on any atom is -0.389 e. The van der Waals surface area contributed by atoms with E-state index in [0.717, 1.165) is 30.5 Å². The van der Waals surface area contributed by atoms with Gasteiger partial charge < -0.3 is 5.11 Å². The largest absolute Gasteiger partial charge is 0.389 e. The Bertz CT molecular complexity index is 592. The maximum Gasteiger partial charge on any atom is 0.0994 e. The van der Waals surface area contributed by atoms with Gasteiger partial charge in [-0.1, -0.05) is 28.4 Å². The number of nitrogens with zero attached hydrogens (tertiary/aromatic N) is 3. The number of hydrogen-bond acceptors (Lipinski definition) is 4. The molecular weight excluding hydrogens is 305 g/mol. The molecule has 0 radical (unpaired) electrons. The highest BCUT2D eigenvalue weighted by Crippen LogP contribution is 2.34. The second-order valence-corrected chi connectivity index (χ2v) is 7.30. The van der Waals surface area contributed by atoms with Gasteiger partial charge in [-0.05, 0) is 25.3 Å². The zero-order valence-corrected chi connectivity index (χ0v) is 12.5. The van der Waals surface area contributed by atoms with E-state index in [4.69, 9.17) is 23.2 Å². The van der Waals surface area contributed by atoms with E-state index in [-0.39, 0.29) is 0 Å². The second kappa shape index (κ2) is 5.05. The molecule has 1 saturated carbocycles. The predicted molar refractivity (Wildman–Crippen MR) is 76.0 cm³/mol. The summed E-state index contributed by atoms with van der Waals surface area (Å²) in [5.74, 6) is 0. The Hall–Kier alpha value is -0.620. The molecule has 0 aliphatic heterocycles. The molecule has 102 valence electrons. The molecule has 1 aliphatic rings. The Balaban J connectivity index is 1.69. The Kier molecular flexibility index (Phi) is 3.55. The second-order valence-electron chi connectivity index (χ2n) is 5.01. The summed E-state index contributed by atoms with van der Waals surface area (Å²) in [4.78, 5) is 0. The van der Waals surface area contributed by atoms with Gasteiger partial charge in [0.2, 0.25) is 0 Å². The SMILES string of the molecule is OC1(Cc2cn(Cc3cc(Cl)sc3Cl)nn2)CCC1. The van der Waals surface area contributed by atoms with E-state index in [1.807, 2.05) is 12.3 Å². The maximum atomic E-state index is 10.1. The number of halogens is 2. The fraction of sp³-hybridized carbons (Fsp3) is 0.500. The summed E-state index contributed by atoms with van der Waals surface area (Å²) in [6.45, 7) is 0.549. The highest BCUT2D eigenvalue weighted by Gasteiger charge is 2.35. The van der Waals surface area contributed by atoms with Crippen molar-refractivity contribution in [2.75, 3.05) is 0 Å². The van der Waals surface area contributed by atoms with E-state index in [2.05, 4.69) is 10.3 Å². The minimum atomic E-state index is -0.565. The van der Waals surface area contributed by atoms with Crippen molar-refractivity contribution in [3.8, 4) is 0 Å². The van der Waals surface area contributed by atoms with Crippen molar-refractivity contribution in [2.24, 2.45) is 0 Å². The van der Waals surface area contributed by atoms with E-state index in [1.165, 1.54) is 11.3 Å². The quantitative estimate of drug-likeness (QED) is 0.942. The van der Waals surface area contributed by atoms with Gasteiger partial charge in [0.25, 0.3) is 0 Å². The molecule has 3 rings (SSSR count). The van der Waals surface area contributed by atoms with Crippen LogP contribution in [0.25, 0.3) is 0 Å². The molecule has 19 heavy (non-hydrogen) atoms. The minimum absolute atomic E-state index is 0.549. The first-order valence-electron chi connectivity index (χ1n) is 6.09. The summed E-state index contributed by atoms with van der Waals surface area (Å²) in [6.07, 6.45) is 5.23. The first-order chi connectivity index (χ1) is 9.04. The lowest BCUT2D eigenvalue weighted by Gasteiger charge is -2.35. The summed E-state index contributed by atoms with van der Waals surface area (Å²) in [5.41, 5.74) is 1.19.